The monoisotopic (exact) mass is 1780 g/mol. The number of likely N-dealkylation sites (tertiary alicyclic amines) is 1. The fraction of sp³-hybridized carbons (Fsp3) is 0.343. The number of ketones is 7. The third-order valence-electron chi connectivity index (χ3n) is 23.4. The quantitative estimate of drug-likeness (QED) is 0.00555. The van der Waals surface area contributed by atoms with E-state index >= 15 is 0 Å². The van der Waals surface area contributed by atoms with Crippen LogP contribution in [0.2, 0.25) is 0 Å². The van der Waals surface area contributed by atoms with Crippen molar-refractivity contribution in [1.82, 2.24) is 20.5 Å². The highest BCUT2D eigenvalue weighted by Crippen LogP contribution is 2.31. The molecule has 29 nitrogen and oxygen atoms in total. The Hall–Kier alpha value is -14.4. The molecule has 0 spiro atoms. The number of hydrogen-bond donors (Lipinski definition) is 13. The number of H-pyrrole nitrogens is 1. The Bertz CT molecular complexity index is 5710. The predicted octanol–water partition coefficient (Wildman–Crippen LogP) is 9.35. The minimum atomic E-state index is -0.933. The van der Waals surface area contributed by atoms with Gasteiger partial charge < -0.3 is 92.2 Å². The summed E-state index contributed by atoms with van der Waals surface area (Å²) in [5.74, 6) is -8.62. The van der Waals surface area contributed by atoms with Gasteiger partial charge in [-0.25, -0.2) is 0 Å². The molecule has 10 atom stereocenters. The summed E-state index contributed by atoms with van der Waals surface area (Å²) in [6, 6.07) is 62.5. The topological polar surface area (TPSA) is 550 Å². The second-order valence-corrected chi connectivity index (χ2v) is 34.2. The molecule has 688 valence electrons. The molecule has 11 rings (SSSR count). The Balaban J connectivity index is 0.000000222. The van der Waals surface area contributed by atoms with Crippen molar-refractivity contribution in [2.45, 2.75) is 167 Å². The number of aromatic nitrogens is 1. The maximum atomic E-state index is 13.9. The summed E-state index contributed by atoms with van der Waals surface area (Å²) >= 11 is 0. The van der Waals surface area contributed by atoms with Crippen molar-refractivity contribution in [3.63, 3.8) is 0 Å². The molecule has 23 N–H and O–H groups in total. The maximum Gasteiger partial charge on any atom is 0.227 e. The van der Waals surface area contributed by atoms with E-state index in [0.29, 0.717) is 87.0 Å². The third kappa shape index (κ3) is 32.1. The largest absolute Gasteiger partial charge is 0.399 e. The molecular formula is C102H122N16O13. The van der Waals surface area contributed by atoms with Crippen LogP contribution in [0.3, 0.4) is 0 Å². The summed E-state index contributed by atoms with van der Waals surface area (Å²) in [5.41, 5.74) is 64.6. The first-order chi connectivity index (χ1) is 62.6. The number of amides is 6. The van der Waals surface area contributed by atoms with E-state index in [1.54, 1.807) is 97.1 Å². The van der Waals surface area contributed by atoms with Crippen LogP contribution in [0.5, 0.6) is 0 Å². The van der Waals surface area contributed by atoms with Gasteiger partial charge in [-0.2, -0.15) is 0 Å². The van der Waals surface area contributed by atoms with Gasteiger partial charge >= 0.3 is 0 Å². The number of unbranched alkanes of at least 4 members (excludes halogenated alkanes) is 2. The first kappa shape index (κ1) is 100. The van der Waals surface area contributed by atoms with E-state index in [-0.39, 0.29) is 147 Å². The number of nitrogens with zero attached hydrogens (tertiary/aromatic N) is 3. The summed E-state index contributed by atoms with van der Waals surface area (Å²) in [6.07, 6.45) is 6.51. The van der Waals surface area contributed by atoms with Gasteiger partial charge in [0.15, 0.2) is 35.1 Å². The number of rotatable bonds is 47. The molecule has 0 saturated carbocycles. The smallest absolute Gasteiger partial charge is 0.227 e. The second-order valence-electron chi connectivity index (χ2n) is 34.2. The van der Waals surface area contributed by atoms with E-state index in [1.165, 1.54) is 25.7 Å². The zero-order valence-electron chi connectivity index (χ0n) is 74.5. The van der Waals surface area contributed by atoms with Gasteiger partial charge in [0.1, 0.15) is 17.3 Å². The zero-order chi connectivity index (χ0) is 94.8. The number of guanidine groups is 2. The molecule has 0 unspecified atom stereocenters. The van der Waals surface area contributed by atoms with Crippen molar-refractivity contribution in [1.29, 1.82) is 0 Å². The number of nitrogens with one attached hydrogen (secondary N) is 3. The summed E-state index contributed by atoms with van der Waals surface area (Å²) < 4.78 is 0. The van der Waals surface area contributed by atoms with E-state index in [2.05, 4.69) is 25.6 Å². The Kier molecular flexibility index (Phi) is 38.2. The fourth-order valence-electron chi connectivity index (χ4n) is 16.5. The highest BCUT2D eigenvalue weighted by Gasteiger charge is 2.42. The Morgan fingerprint density at radius 3 is 1.33 bits per heavy atom. The number of anilines is 2. The molecule has 0 bridgehead atoms. The van der Waals surface area contributed by atoms with Gasteiger partial charge in [-0.1, -0.05) is 188 Å². The number of nitrogen functional groups attached to an aromatic ring is 2. The van der Waals surface area contributed by atoms with Crippen LogP contribution in [0.15, 0.2) is 229 Å². The van der Waals surface area contributed by atoms with Crippen LogP contribution in [0, 0.1) is 35.5 Å². The van der Waals surface area contributed by atoms with Gasteiger partial charge in [-0.3, -0.25) is 57.9 Å². The normalized spacial score (nSPS) is 14.6. The molecule has 0 radical (unpaired) electrons. The van der Waals surface area contributed by atoms with Crippen LogP contribution < -0.4 is 68.0 Å². The van der Waals surface area contributed by atoms with Gasteiger partial charge in [0.25, 0.3) is 0 Å². The highest BCUT2D eigenvalue weighted by molar-refractivity contribution is 6.09. The number of benzene rings is 9. The molecule has 6 amide bonds. The first-order valence-electron chi connectivity index (χ1n) is 44.2. The number of nitrogens with two attached hydrogens (primary N) is 10. The number of Topliss-reactive ketones (excluding diaryl/α,β-unsaturated/α-hetero) is 6. The molecule has 29 heteroatoms. The van der Waals surface area contributed by atoms with E-state index in [1.807, 2.05) is 121 Å². The number of para-hydroxylation sites is 1. The van der Waals surface area contributed by atoms with Gasteiger partial charge in [0.2, 0.25) is 35.4 Å². The SMILES string of the molecule is CC(=O)C[C@@H](Cc1ccc(C(=O)c2ccccc2)cc1)C(=O)N[C@@H](CCCCN=C(N)N)C(=O)C[C@@H](Cc1ccc(N)cc1)C(N)=O.CC(=O)C[C@@H](Cc1ccc2ccccc2c1)C(=O)N1C[C@@H](N)C[C@H]1C(=O)C[C@@H](CCCCN=C(N)N)C(N)=O.CC(=O)C[C@@H](Cc1ccc2ccccc2c1)C(=O)N[C@@H](Cc1ccc(N)cc1)C(=O)C[C@@H](Cc1c[nH]c2ccccc12)C(N)=O. The van der Waals surface area contributed by atoms with E-state index in [0.717, 1.165) is 65.8 Å². The first-order valence-corrected chi connectivity index (χ1v) is 44.2. The van der Waals surface area contributed by atoms with Crippen LogP contribution >= 0.6 is 0 Å². The number of aliphatic imine (C=N–C) groups is 2. The summed E-state index contributed by atoms with van der Waals surface area (Å²) in [6.45, 7) is 5.33. The average molecular weight is 1780 g/mol. The molecular weight excluding hydrogens is 1660 g/mol. The number of carbonyl (C=O) groups excluding carboxylic acids is 13. The van der Waals surface area contributed by atoms with Crippen LogP contribution in [0.4, 0.5) is 11.4 Å². The lowest BCUT2D eigenvalue weighted by molar-refractivity contribution is -0.142. The van der Waals surface area contributed by atoms with E-state index in [9.17, 15) is 62.3 Å². The number of primary amides is 3. The van der Waals surface area contributed by atoms with Gasteiger partial charge in [-0.15, -0.1) is 0 Å². The van der Waals surface area contributed by atoms with Crippen LogP contribution in [-0.4, -0.2) is 142 Å². The van der Waals surface area contributed by atoms with Crippen molar-refractivity contribution in [2.24, 2.45) is 91.4 Å². The summed E-state index contributed by atoms with van der Waals surface area (Å²) in [7, 11) is 0. The Morgan fingerprint density at radius 1 is 0.405 bits per heavy atom. The average Bonchev–Trinajstić information content (AvgIpc) is 1.69. The fourth-order valence-corrected chi connectivity index (χ4v) is 16.5. The molecule has 1 saturated heterocycles. The van der Waals surface area contributed by atoms with Gasteiger partial charge in [0, 0.05) is 139 Å². The second kappa shape index (κ2) is 49.8. The third-order valence-corrected chi connectivity index (χ3v) is 23.4. The lowest BCUT2D eigenvalue weighted by atomic mass is 9.88. The molecule has 10 aromatic rings. The summed E-state index contributed by atoms with van der Waals surface area (Å²) in [4.78, 5) is 181. The Morgan fingerprint density at radius 2 is 0.817 bits per heavy atom. The van der Waals surface area contributed by atoms with Crippen LogP contribution in [0.25, 0.3) is 32.4 Å². The molecule has 1 aliphatic rings. The molecule has 1 aromatic heterocycles. The molecule has 2 heterocycles. The maximum absolute atomic E-state index is 13.9. The number of fused-ring (bicyclic) bond motifs is 3. The van der Waals surface area contributed by atoms with Crippen molar-refractivity contribution < 1.29 is 62.3 Å². The van der Waals surface area contributed by atoms with E-state index < -0.39 is 77.3 Å². The molecule has 1 aliphatic heterocycles. The predicted molar refractivity (Wildman–Crippen MR) is 511 cm³/mol. The molecule has 131 heavy (non-hydrogen) atoms. The number of aromatic amines is 1. The number of hydrogen-bond acceptors (Lipinski definition) is 18. The van der Waals surface area contributed by atoms with Crippen LogP contribution in [-0.2, 0) is 96.1 Å². The number of carbonyl (C=O) groups is 13. The van der Waals surface area contributed by atoms with Gasteiger partial charge in [0.05, 0.1) is 18.1 Å². The molecule has 9 aromatic carbocycles. The van der Waals surface area contributed by atoms with E-state index in [4.69, 9.17) is 57.3 Å². The minimum absolute atomic E-state index is 0.00246. The zero-order valence-corrected chi connectivity index (χ0v) is 74.5. The summed E-state index contributed by atoms with van der Waals surface area (Å²) in [5, 5.41) is 11.0. The van der Waals surface area contributed by atoms with Crippen molar-refractivity contribution in [2.75, 3.05) is 31.1 Å². The molecule has 1 fully saturated rings. The van der Waals surface area contributed by atoms with Crippen molar-refractivity contribution in [3.8, 4) is 0 Å². The highest BCUT2D eigenvalue weighted by atomic mass is 16.2. The minimum Gasteiger partial charge on any atom is -0.399 e. The lowest BCUT2D eigenvalue weighted by Crippen LogP contribution is -2.47. The van der Waals surface area contributed by atoms with Crippen molar-refractivity contribution in [3.05, 3.63) is 263 Å². The van der Waals surface area contributed by atoms with Crippen molar-refractivity contribution >= 4 is 132 Å². The van der Waals surface area contributed by atoms with Gasteiger partial charge in [-0.05, 0) is 183 Å². The molecule has 0 aliphatic carbocycles. The lowest BCUT2D eigenvalue weighted by Gasteiger charge is -2.28. The standard InChI is InChI=1S/C37H38N4O4.C36H44N6O5.C29H40N6O4/c1-23(42)16-29(18-25-10-13-26-6-2-3-7-27(26)17-25)37(45)41-34(19-24-11-14-31(38)15-12-24)35(43)21-28(36(39)44)20-30-22-40-33-9-5-4-8-32(30)33;1-23(43)19-29(21-24-10-14-27(15-11-24)33(45)26-7-3-2-4-8-26)35(47)42-31(9-5-6-18-41-36(39)40)32(44)22-28(34(38)46)20-25-12-16-30(37)17-13-25;1-18(36)12-23(14-19-9-10-20-6-2-3-7-21(20)13-19)28(39)35-17-24(30)16-25(35)26(37)15-22(27(31)38)8-4-5-11-34-29(32)33/h2-15,17,22,28-29,34,40H,16,18-21,38H2,1H3,(H2,39,44)(H,41,45);2-4,7-8,10-17,28-29,31H,5-6,9,18-22,37H2,1H3,(H2,38,46)(H,42,47)(H4,39,40,41);2-3,6-7,9-10,13,22-25H,4-5,8,11-12,14-17,30H2,1H3,(H2,31,38)(H4,32,33,34)/t28-,29+,34+;28-,29+,31+;22-,23+,24+,25+/m111/s1. The Labute approximate surface area is 762 Å². The van der Waals surface area contributed by atoms with Crippen LogP contribution in [0.1, 0.15) is 154 Å².